The van der Waals surface area contributed by atoms with E-state index in [2.05, 4.69) is 5.32 Å². The fourth-order valence-corrected chi connectivity index (χ4v) is 2.06. The van der Waals surface area contributed by atoms with Gasteiger partial charge in [-0.3, -0.25) is 0 Å². The van der Waals surface area contributed by atoms with Crippen LogP contribution in [0.2, 0.25) is 0 Å². The summed E-state index contributed by atoms with van der Waals surface area (Å²) >= 11 is 0. The maximum atomic E-state index is 5.44. The van der Waals surface area contributed by atoms with E-state index < -0.39 is 0 Å². The second-order valence-corrected chi connectivity index (χ2v) is 3.47. The molecule has 0 bridgehead atoms. The Bertz CT molecular complexity index is 110. The standard InChI is InChI=1S/C8H15NO/c1-3-8(9-5-1)4-2-6-10-7-8/h9H,1-7H2/t8-/m1/s1. The third-order valence-electron chi connectivity index (χ3n) is 2.65. The van der Waals surface area contributed by atoms with Crippen molar-refractivity contribution in [2.45, 2.75) is 31.2 Å². The number of hydrogen-bond acceptors (Lipinski definition) is 2. The minimum absolute atomic E-state index is 0.401. The summed E-state index contributed by atoms with van der Waals surface area (Å²) in [5.74, 6) is 0. The zero-order valence-electron chi connectivity index (χ0n) is 6.36. The van der Waals surface area contributed by atoms with E-state index in [1.54, 1.807) is 0 Å². The Morgan fingerprint density at radius 1 is 1.20 bits per heavy atom. The van der Waals surface area contributed by atoms with E-state index in [0.717, 1.165) is 13.2 Å². The molecule has 1 N–H and O–H groups in total. The minimum atomic E-state index is 0.401. The molecule has 2 saturated heterocycles. The summed E-state index contributed by atoms with van der Waals surface area (Å²) in [6.07, 6.45) is 5.23. The van der Waals surface area contributed by atoms with Gasteiger partial charge in [0.1, 0.15) is 0 Å². The summed E-state index contributed by atoms with van der Waals surface area (Å²) in [5, 5.41) is 3.55. The lowest BCUT2D eigenvalue weighted by Gasteiger charge is -2.33. The van der Waals surface area contributed by atoms with Crippen LogP contribution in [0.25, 0.3) is 0 Å². The summed E-state index contributed by atoms with van der Waals surface area (Å²) in [4.78, 5) is 0. The van der Waals surface area contributed by atoms with Crippen molar-refractivity contribution in [1.82, 2.24) is 5.32 Å². The fraction of sp³-hybridized carbons (Fsp3) is 1.00. The van der Waals surface area contributed by atoms with Gasteiger partial charge >= 0.3 is 0 Å². The molecule has 2 fully saturated rings. The molecule has 1 spiro atoms. The predicted octanol–water partition coefficient (Wildman–Crippen LogP) is 0.919. The first-order valence-corrected chi connectivity index (χ1v) is 4.24. The largest absolute Gasteiger partial charge is 0.380 e. The maximum Gasteiger partial charge on any atom is 0.0648 e. The molecule has 10 heavy (non-hydrogen) atoms. The molecule has 2 aliphatic heterocycles. The monoisotopic (exact) mass is 141 g/mol. The molecule has 0 unspecified atom stereocenters. The molecule has 0 aromatic rings. The van der Waals surface area contributed by atoms with Gasteiger partial charge in [-0.2, -0.15) is 0 Å². The van der Waals surface area contributed by atoms with Gasteiger partial charge in [-0.05, 0) is 32.2 Å². The zero-order valence-corrected chi connectivity index (χ0v) is 6.36. The van der Waals surface area contributed by atoms with Crippen LogP contribution >= 0.6 is 0 Å². The quantitative estimate of drug-likeness (QED) is 0.541. The molecule has 0 radical (unpaired) electrons. The molecule has 58 valence electrons. The third-order valence-corrected chi connectivity index (χ3v) is 2.65. The van der Waals surface area contributed by atoms with Gasteiger partial charge < -0.3 is 10.1 Å². The van der Waals surface area contributed by atoms with E-state index in [1.807, 2.05) is 0 Å². The molecule has 0 aromatic carbocycles. The van der Waals surface area contributed by atoms with Gasteiger partial charge in [0, 0.05) is 12.1 Å². The van der Waals surface area contributed by atoms with Crippen LogP contribution in [0.4, 0.5) is 0 Å². The second-order valence-electron chi connectivity index (χ2n) is 3.47. The molecular weight excluding hydrogens is 126 g/mol. The van der Waals surface area contributed by atoms with E-state index in [1.165, 1.54) is 32.2 Å². The number of nitrogens with one attached hydrogen (secondary N) is 1. The van der Waals surface area contributed by atoms with Crippen molar-refractivity contribution < 1.29 is 4.74 Å². The second kappa shape index (κ2) is 2.51. The predicted molar refractivity (Wildman–Crippen MR) is 40.0 cm³/mol. The Labute approximate surface area is 61.9 Å². The van der Waals surface area contributed by atoms with Crippen molar-refractivity contribution in [2.24, 2.45) is 0 Å². The Morgan fingerprint density at radius 2 is 2.10 bits per heavy atom. The lowest BCUT2D eigenvalue weighted by Crippen LogP contribution is -2.46. The van der Waals surface area contributed by atoms with Crippen LogP contribution in [0.15, 0.2) is 0 Å². The fourth-order valence-electron chi connectivity index (χ4n) is 2.06. The number of rotatable bonds is 0. The van der Waals surface area contributed by atoms with E-state index >= 15 is 0 Å². The van der Waals surface area contributed by atoms with Crippen molar-refractivity contribution >= 4 is 0 Å². The number of ether oxygens (including phenoxy) is 1. The summed E-state index contributed by atoms with van der Waals surface area (Å²) in [7, 11) is 0. The van der Waals surface area contributed by atoms with Gasteiger partial charge in [-0.1, -0.05) is 0 Å². The van der Waals surface area contributed by atoms with Gasteiger partial charge in [0.25, 0.3) is 0 Å². The van der Waals surface area contributed by atoms with Gasteiger partial charge in [-0.15, -0.1) is 0 Å². The average Bonchev–Trinajstić information content (AvgIpc) is 2.39. The summed E-state index contributed by atoms with van der Waals surface area (Å²) in [6.45, 7) is 3.12. The normalized spacial score (nSPS) is 40.8. The first-order valence-electron chi connectivity index (χ1n) is 4.24. The van der Waals surface area contributed by atoms with Crippen molar-refractivity contribution in [2.75, 3.05) is 19.8 Å². The number of hydrogen-bond donors (Lipinski definition) is 1. The first kappa shape index (κ1) is 6.62. The van der Waals surface area contributed by atoms with Crippen LogP contribution in [0, 0.1) is 0 Å². The molecule has 1 atom stereocenters. The molecule has 2 heteroatoms. The Kier molecular flexibility index (Phi) is 1.66. The topological polar surface area (TPSA) is 21.3 Å². The maximum absolute atomic E-state index is 5.44. The minimum Gasteiger partial charge on any atom is -0.380 e. The van der Waals surface area contributed by atoms with Gasteiger partial charge in [-0.25, -0.2) is 0 Å². The van der Waals surface area contributed by atoms with Crippen LogP contribution in [0.3, 0.4) is 0 Å². The summed E-state index contributed by atoms with van der Waals surface area (Å²) < 4.78 is 5.44. The van der Waals surface area contributed by atoms with Crippen LogP contribution < -0.4 is 5.32 Å². The van der Waals surface area contributed by atoms with Gasteiger partial charge in [0.2, 0.25) is 0 Å². The lowest BCUT2D eigenvalue weighted by atomic mass is 9.91. The molecule has 0 amide bonds. The molecule has 0 saturated carbocycles. The van der Waals surface area contributed by atoms with Gasteiger partial charge in [0.15, 0.2) is 0 Å². The highest BCUT2D eigenvalue weighted by Gasteiger charge is 2.34. The SMILES string of the molecule is C1CN[C@]2(C1)CCCOC2. The van der Waals surface area contributed by atoms with E-state index in [0.29, 0.717) is 5.54 Å². The van der Waals surface area contributed by atoms with E-state index in [4.69, 9.17) is 4.74 Å². The highest BCUT2D eigenvalue weighted by Crippen LogP contribution is 2.27. The molecular formula is C8H15NO. The van der Waals surface area contributed by atoms with E-state index in [9.17, 15) is 0 Å². The molecule has 2 nitrogen and oxygen atoms in total. The highest BCUT2D eigenvalue weighted by atomic mass is 16.5. The zero-order chi connectivity index (χ0) is 6.86. The average molecular weight is 141 g/mol. The van der Waals surface area contributed by atoms with Crippen molar-refractivity contribution in [3.05, 3.63) is 0 Å². The summed E-state index contributed by atoms with van der Waals surface area (Å²) in [6, 6.07) is 0. The molecule has 2 heterocycles. The highest BCUT2D eigenvalue weighted by molar-refractivity contribution is 4.94. The smallest absolute Gasteiger partial charge is 0.0648 e. The van der Waals surface area contributed by atoms with Crippen LogP contribution in [-0.4, -0.2) is 25.3 Å². The Hall–Kier alpha value is -0.0800. The van der Waals surface area contributed by atoms with Crippen molar-refractivity contribution in [1.29, 1.82) is 0 Å². The molecule has 2 rings (SSSR count). The first-order chi connectivity index (χ1) is 4.91. The van der Waals surface area contributed by atoms with Crippen LogP contribution in [0.5, 0.6) is 0 Å². The third kappa shape index (κ3) is 1.06. The molecule has 0 aromatic heterocycles. The van der Waals surface area contributed by atoms with Gasteiger partial charge in [0.05, 0.1) is 6.61 Å². The molecule has 0 aliphatic carbocycles. The Morgan fingerprint density at radius 3 is 2.70 bits per heavy atom. The Balaban J connectivity index is 1.98. The van der Waals surface area contributed by atoms with E-state index in [-0.39, 0.29) is 0 Å². The van der Waals surface area contributed by atoms with Crippen molar-refractivity contribution in [3.8, 4) is 0 Å². The van der Waals surface area contributed by atoms with Crippen LogP contribution in [0.1, 0.15) is 25.7 Å². The lowest BCUT2D eigenvalue weighted by molar-refractivity contribution is 0.0291. The summed E-state index contributed by atoms with van der Waals surface area (Å²) in [5.41, 5.74) is 0.401. The van der Waals surface area contributed by atoms with Crippen LogP contribution in [-0.2, 0) is 4.74 Å². The van der Waals surface area contributed by atoms with Crippen molar-refractivity contribution in [3.63, 3.8) is 0 Å². The molecule has 2 aliphatic rings.